The number of fused-ring (bicyclic) bond motifs is 3. The number of carbonyl (C=O) groups excluding carboxylic acids is 2. The summed E-state index contributed by atoms with van der Waals surface area (Å²) in [6, 6.07) is 15.7. The molecule has 0 radical (unpaired) electrons. The van der Waals surface area contributed by atoms with E-state index in [0.717, 1.165) is 30.8 Å². The Morgan fingerprint density at radius 2 is 1.77 bits per heavy atom. The van der Waals surface area contributed by atoms with Crippen LogP contribution < -0.4 is 0 Å². The minimum atomic E-state index is -0.672. The number of ether oxygens (including phenoxy) is 1. The van der Waals surface area contributed by atoms with Crippen molar-refractivity contribution in [1.29, 1.82) is 0 Å². The topological polar surface area (TPSA) is 43.4 Å². The van der Waals surface area contributed by atoms with E-state index in [1.807, 2.05) is 17.5 Å². The minimum absolute atomic E-state index is 0.140. The quantitative estimate of drug-likeness (QED) is 0.239. The second-order valence-corrected chi connectivity index (χ2v) is 10.7. The number of benzene rings is 2. The molecule has 6 rings (SSSR count). The fourth-order valence-corrected chi connectivity index (χ4v) is 6.22. The molecule has 0 amide bonds. The summed E-state index contributed by atoms with van der Waals surface area (Å²) >= 11 is 1.46. The number of Topliss-reactive ketones (excluding diaryl/α,β-unsaturated/α-hetero) is 1. The Hall–Kier alpha value is -2.90. The summed E-state index contributed by atoms with van der Waals surface area (Å²) in [7, 11) is 0. The molecule has 0 spiro atoms. The first-order chi connectivity index (χ1) is 16.9. The molecule has 2 bridgehead atoms. The van der Waals surface area contributed by atoms with Crippen LogP contribution in [-0.4, -0.2) is 48.5 Å². The van der Waals surface area contributed by atoms with Gasteiger partial charge in [0.1, 0.15) is 24.7 Å². The maximum Gasteiger partial charge on any atom is 0.314 e. The van der Waals surface area contributed by atoms with Gasteiger partial charge in [0.2, 0.25) is 5.78 Å². The SMILES string of the molecule is O=C(C[N+]12CCC(CC1)C(OC(=O)C(Cc1cccc(F)c1)c1ccc(F)cc1)C2)c1cccs1. The van der Waals surface area contributed by atoms with Crippen LogP contribution in [0.1, 0.15) is 39.6 Å². The maximum absolute atomic E-state index is 13.8. The smallest absolute Gasteiger partial charge is 0.314 e. The van der Waals surface area contributed by atoms with Crippen LogP contribution in [0.15, 0.2) is 66.0 Å². The zero-order valence-electron chi connectivity index (χ0n) is 19.4. The van der Waals surface area contributed by atoms with Gasteiger partial charge in [-0.1, -0.05) is 30.3 Å². The molecular weight excluding hydrogens is 468 g/mol. The lowest BCUT2D eigenvalue weighted by atomic mass is 9.82. The summed E-state index contributed by atoms with van der Waals surface area (Å²) in [4.78, 5) is 27.1. The van der Waals surface area contributed by atoms with E-state index in [-0.39, 0.29) is 41.8 Å². The Morgan fingerprint density at radius 3 is 2.46 bits per heavy atom. The Balaban J connectivity index is 1.33. The summed E-state index contributed by atoms with van der Waals surface area (Å²) in [5, 5.41) is 1.91. The van der Waals surface area contributed by atoms with Crippen LogP contribution in [-0.2, 0) is 16.0 Å². The zero-order valence-corrected chi connectivity index (χ0v) is 20.2. The molecule has 1 aromatic heterocycles. The Bertz CT molecular complexity index is 1190. The lowest BCUT2D eigenvalue weighted by Gasteiger charge is -2.51. The molecular formula is C28H28F2NO3S+. The number of thiophene rings is 1. The number of hydrogen-bond donors (Lipinski definition) is 0. The predicted octanol–water partition coefficient (Wildman–Crippen LogP) is 5.39. The lowest BCUT2D eigenvalue weighted by Crippen LogP contribution is -2.65. The van der Waals surface area contributed by atoms with Gasteiger partial charge >= 0.3 is 5.97 Å². The van der Waals surface area contributed by atoms with Gasteiger partial charge in [0.05, 0.1) is 23.9 Å². The standard InChI is InChI=1S/C28H28F2NO3S/c29-22-8-6-20(7-9-22)24(16-19-3-1-4-23(30)15-19)28(33)34-26-18-31(12-10-21(26)11-13-31)17-25(32)27-5-2-14-35-27/h1-9,14-15,21,24,26H,10-13,16-18H2/q+1. The van der Waals surface area contributed by atoms with E-state index in [0.29, 0.717) is 28.7 Å². The fourth-order valence-electron chi connectivity index (χ4n) is 5.56. The number of quaternary nitrogens is 1. The van der Waals surface area contributed by atoms with Crippen LogP contribution in [0.3, 0.4) is 0 Å². The third-order valence-corrected chi connectivity index (χ3v) is 8.38. The van der Waals surface area contributed by atoms with Gasteiger partial charge in [-0.3, -0.25) is 9.59 Å². The highest BCUT2D eigenvalue weighted by Gasteiger charge is 2.49. The van der Waals surface area contributed by atoms with E-state index in [1.54, 1.807) is 24.3 Å². The van der Waals surface area contributed by atoms with E-state index in [1.165, 1.54) is 35.6 Å². The van der Waals surface area contributed by atoms with E-state index < -0.39 is 5.92 Å². The third kappa shape index (κ3) is 5.36. The van der Waals surface area contributed by atoms with Crippen molar-refractivity contribution in [3.05, 3.63) is 93.7 Å². The molecule has 7 heteroatoms. The Labute approximate surface area is 207 Å². The highest BCUT2D eigenvalue weighted by atomic mass is 32.1. The highest BCUT2D eigenvalue weighted by Crippen LogP contribution is 2.37. The first kappa shape index (κ1) is 23.8. The van der Waals surface area contributed by atoms with Crippen LogP contribution in [0.4, 0.5) is 8.78 Å². The van der Waals surface area contributed by atoms with Gasteiger partial charge in [-0.25, -0.2) is 8.78 Å². The zero-order chi connectivity index (χ0) is 24.4. The average molecular weight is 497 g/mol. The fraction of sp³-hybridized carbons (Fsp3) is 0.357. The summed E-state index contributed by atoms with van der Waals surface area (Å²) in [5.41, 5.74) is 1.31. The van der Waals surface area contributed by atoms with Crippen LogP contribution >= 0.6 is 11.3 Å². The van der Waals surface area contributed by atoms with Gasteiger partial charge in [-0.2, -0.15) is 0 Å². The molecule has 0 aliphatic carbocycles. The van der Waals surface area contributed by atoms with E-state index in [9.17, 15) is 18.4 Å². The van der Waals surface area contributed by atoms with Crippen molar-refractivity contribution < 1.29 is 27.6 Å². The molecule has 3 saturated heterocycles. The number of ketones is 1. The van der Waals surface area contributed by atoms with Crippen molar-refractivity contribution in [2.24, 2.45) is 5.92 Å². The number of piperidine rings is 3. The molecule has 182 valence electrons. The van der Waals surface area contributed by atoms with E-state index >= 15 is 0 Å². The number of rotatable bonds is 8. The van der Waals surface area contributed by atoms with Crippen LogP contribution in [0.5, 0.6) is 0 Å². The molecule has 3 fully saturated rings. The van der Waals surface area contributed by atoms with Gasteiger partial charge in [0.15, 0.2) is 6.10 Å². The molecule has 0 saturated carbocycles. The number of halogens is 2. The summed E-state index contributed by atoms with van der Waals surface area (Å²) in [6.07, 6.45) is 1.83. The number of nitrogens with zero attached hydrogens (tertiary/aromatic N) is 1. The van der Waals surface area contributed by atoms with Crippen molar-refractivity contribution in [2.75, 3.05) is 26.2 Å². The van der Waals surface area contributed by atoms with Crippen molar-refractivity contribution in [1.82, 2.24) is 0 Å². The largest absolute Gasteiger partial charge is 0.456 e. The van der Waals surface area contributed by atoms with Gasteiger partial charge in [0, 0.05) is 18.8 Å². The molecule has 2 atom stereocenters. The van der Waals surface area contributed by atoms with Gasteiger partial charge in [-0.15, -0.1) is 11.3 Å². The second kappa shape index (κ2) is 9.99. The monoisotopic (exact) mass is 496 g/mol. The van der Waals surface area contributed by atoms with Gasteiger partial charge < -0.3 is 9.22 Å². The van der Waals surface area contributed by atoms with Crippen molar-refractivity contribution in [3.8, 4) is 0 Å². The molecule has 2 unspecified atom stereocenters. The molecule has 2 aromatic carbocycles. The molecule has 0 N–H and O–H groups in total. The first-order valence-electron chi connectivity index (χ1n) is 12.0. The number of esters is 1. The molecule has 3 aliphatic rings. The van der Waals surface area contributed by atoms with E-state index in [4.69, 9.17) is 4.74 Å². The summed E-state index contributed by atoms with van der Waals surface area (Å²) < 4.78 is 34.1. The average Bonchev–Trinajstić information content (AvgIpc) is 3.39. The van der Waals surface area contributed by atoms with Crippen molar-refractivity contribution >= 4 is 23.1 Å². The summed E-state index contributed by atoms with van der Waals surface area (Å²) in [5.74, 6) is -1.39. The van der Waals surface area contributed by atoms with Crippen molar-refractivity contribution in [2.45, 2.75) is 31.3 Å². The molecule has 3 aromatic rings. The molecule has 4 heterocycles. The maximum atomic E-state index is 13.8. The first-order valence-corrected chi connectivity index (χ1v) is 12.9. The highest BCUT2D eigenvalue weighted by molar-refractivity contribution is 7.12. The van der Waals surface area contributed by atoms with Crippen LogP contribution in [0.2, 0.25) is 0 Å². The number of carbonyl (C=O) groups is 2. The lowest BCUT2D eigenvalue weighted by molar-refractivity contribution is -0.938. The third-order valence-electron chi connectivity index (χ3n) is 7.47. The molecule has 3 aliphatic heterocycles. The van der Waals surface area contributed by atoms with Crippen molar-refractivity contribution in [3.63, 3.8) is 0 Å². The predicted molar refractivity (Wildman–Crippen MR) is 130 cm³/mol. The molecule has 4 nitrogen and oxygen atoms in total. The van der Waals surface area contributed by atoms with Crippen LogP contribution in [0, 0.1) is 17.6 Å². The Kier molecular flexibility index (Phi) is 6.80. The van der Waals surface area contributed by atoms with Gasteiger partial charge in [-0.05, 0) is 53.3 Å². The van der Waals surface area contributed by atoms with E-state index in [2.05, 4.69) is 0 Å². The second-order valence-electron chi connectivity index (χ2n) is 9.78. The van der Waals surface area contributed by atoms with Gasteiger partial charge in [0.25, 0.3) is 0 Å². The minimum Gasteiger partial charge on any atom is -0.456 e. The summed E-state index contributed by atoms with van der Waals surface area (Å²) in [6.45, 7) is 2.89. The normalized spacial score (nSPS) is 24.2. The Morgan fingerprint density at radius 1 is 1.00 bits per heavy atom. The molecule has 35 heavy (non-hydrogen) atoms. The van der Waals surface area contributed by atoms with Crippen LogP contribution in [0.25, 0.3) is 0 Å². The number of hydrogen-bond acceptors (Lipinski definition) is 4.